The Morgan fingerprint density at radius 2 is 1.85 bits per heavy atom. The van der Waals surface area contributed by atoms with Gasteiger partial charge in [0.05, 0.1) is 42.3 Å². The van der Waals surface area contributed by atoms with Crippen LogP contribution >= 0.6 is 0 Å². The third-order valence-electron chi connectivity index (χ3n) is 7.43. The van der Waals surface area contributed by atoms with Gasteiger partial charge in [-0.1, -0.05) is 6.07 Å². The number of methoxy groups -OCH3 is 1. The van der Waals surface area contributed by atoms with Crippen molar-refractivity contribution in [2.24, 2.45) is 5.41 Å². The second-order valence-electron chi connectivity index (χ2n) is 9.11. The van der Waals surface area contributed by atoms with Crippen LogP contribution in [0.3, 0.4) is 0 Å². The fourth-order valence-electron chi connectivity index (χ4n) is 5.32. The minimum Gasteiger partial charge on any atom is -0.467 e. The van der Waals surface area contributed by atoms with Crippen LogP contribution in [0.5, 0.6) is 6.01 Å². The monoisotopic (exact) mass is 452 g/mol. The van der Waals surface area contributed by atoms with Gasteiger partial charge < -0.3 is 24.4 Å². The standard InChI is InChI=1S/C24H28N4O5/c1-15-17(3-4-18-19(15)14-33-21(18)30)20(29)13-27-8-5-24(6-9-27)7-10-28(22(24)31)16-11-25-23(32-2)26-12-16/h3-4,11-12,20,29H,5-10,13-14H2,1-2H3/t20-/m0/s1. The Morgan fingerprint density at radius 1 is 1.15 bits per heavy atom. The number of fused-ring (bicyclic) bond motifs is 1. The molecule has 1 atom stereocenters. The molecule has 0 bridgehead atoms. The van der Waals surface area contributed by atoms with E-state index in [4.69, 9.17) is 9.47 Å². The highest BCUT2D eigenvalue weighted by Gasteiger charge is 2.48. The molecule has 5 rings (SSSR count). The largest absolute Gasteiger partial charge is 0.467 e. The molecule has 3 aliphatic heterocycles. The van der Waals surface area contributed by atoms with Crippen LogP contribution in [0.25, 0.3) is 0 Å². The molecule has 0 unspecified atom stereocenters. The molecule has 9 heteroatoms. The number of β-amino-alcohol motifs (C(OH)–C–C–N with tert-alkyl or cyclic N) is 1. The topological polar surface area (TPSA) is 105 Å². The summed E-state index contributed by atoms with van der Waals surface area (Å²) in [6.45, 7) is 4.85. The Balaban J connectivity index is 1.21. The summed E-state index contributed by atoms with van der Waals surface area (Å²) < 4.78 is 10.1. The number of aliphatic hydroxyl groups excluding tert-OH is 1. The first-order valence-corrected chi connectivity index (χ1v) is 11.3. The zero-order valence-corrected chi connectivity index (χ0v) is 18.9. The fraction of sp³-hybridized carbons (Fsp3) is 0.500. The molecule has 0 radical (unpaired) electrons. The van der Waals surface area contributed by atoms with Gasteiger partial charge in [0.15, 0.2) is 0 Å². The fourth-order valence-corrected chi connectivity index (χ4v) is 5.32. The predicted octanol–water partition coefficient (Wildman–Crippen LogP) is 2.02. The Kier molecular flexibility index (Phi) is 5.54. The summed E-state index contributed by atoms with van der Waals surface area (Å²) in [6, 6.07) is 3.85. The van der Waals surface area contributed by atoms with Gasteiger partial charge in [0, 0.05) is 18.7 Å². The first kappa shape index (κ1) is 21.8. The van der Waals surface area contributed by atoms with Crippen molar-refractivity contribution >= 4 is 17.6 Å². The molecule has 2 aromatic rings. The molecule has 33 heavy (non-hydrogen) atoms. The van der Waals surface area contributed by atoms with Crippen molar-refractivity contribution in [1.82, 2.24) is 14.9 Å². The lowest BCUT2D eigenvalue weighted by Crippen LogP contribution is -2.45. The summed E-state index contributed by atoms with van der Waals surface area (Å²) in [7, 11) is 1.51. The van der Waals surface area contributed by atoms with Gasteiger partial charge in [-0.3, -0.25) is 4.79 Å². The van der Waals surface area contributed by atoms with Gasteiger partial charge in [0.1, 0.15) is 6.61 Å². The molecule has 1 aromatic heterocycles. The maximum absolute atomic E-state index is 13.3. The van der Waals surface area contributed by atoms with Gasteiger partial charge in [-0.2, -0.15) is 0 Å². The average Bonchev–Trinajstić information content (AvgIpc) is 3.36. The molecular formula is C24H28N4O5. The molecule has 2 fully saturated rings. The minimum absolute atomic E-state index is 0.135. The highest BCUT2D eigenvalue weighted by Crippen LogP contribution is 2.43. The lowest BCUT2D eigenvalue weighted by atomic mass is 9.77. The predicted molar refractivity (Wildman–Crippen MR) is 119 cm³/mol. The number of anilines is 1. The minimum atomic E-state index is -0.660. The molecule has 0 aliphatic carbocycles. The van der Waals surface area contributed by atoms with Crippen molar-refractivity contribution in [2.75, 3.05) is 38.2 Å². The first-order valence-electron chi connectivity index (χ1n) is 11.3. The Hall–Kier alpha value is -3.04. The number of ether oxygens (including phenoxy) is 2. The Morgan fingerprint density at radius 3 is 2.55 bits per heavy atom. The Bertz CT molecular complexity index is 1080. The highest BCUT2D eigenvalue weighted by molar-refractivity contribution is 5.99. The zero-order valence-electron chi connectivity index (χ0n) is 18.9. The maximum Gasteiger partial charge on any atom is 0.338 e. The highest BCUT2D eigenvalue weighted by atomic mass is 16.5. The smallest absolute Gasteiger partial charge is 0.338 e. The van der Waals surface area contributed by atoms with E-state index in [9.17, 15) is 14.7 Å². The molecule has 1 amide bonds. The number of nitrogens with zero attached hydrogens (tertiary/aromatic N) is 4. The molecule has 1 aromatic carbocycles. The first-order chi connectivity index (χ1) is 15.9. The number of amides is 1. The van der Waals surface area contributed by atoms with Gasteiger partial charge >= 0.3 is 12.0 Å². The zero-order chi connectivity index (χ0) is 23.2. The molecule has 4 heterocycles. The van der Waals surface area contributed by atoms with E-state index in [1.165, 1.54) is 7.11 Å². The average molecular weight is 453 g/mol. The third kappa shape index (κ3) is 3.75. The molecule has 0 saturated carbocycles. The van der Waals surface area contributed by atoms with E-state index in [2.05, 4.69) is 14.9 Å². The number of carbonyl (C=O) groups is 2. The summed E-state index contributed by atoms with van der Waals surface area (Å²) in [5, 5.41) is 10.9. The number of carbonyl (C=O) groups excluding carboxylic acids is 2. The van der Waals surface area contributed by atoms with Crippen LogP contribution in [0, 0.1) is 12.3 Å². The van der Waals surface area contributed by atoms with E-state index in [0.717, 1.165) is 49.0 Å². The lowest BCUT2D eigenvalue weighted by molar-refractivity contribution is -0.128. The van der Waals surface area contributed by atoms with E-state index in [1.807, 2.05) is 13.0 Å². The number of benzene rings is 1. The van der Waals surface area contributed by atoms with E-state index in [-0.39, 0.29) is 29.9 Å². The van der Waals surface area contributed by atoms with E-state index in [1.54, 1.807) is 23.4 Å². The second kappa shape index (κ2) is 8.39. The van der Waals surface area contributed by atoms with Gasteiger partial charge in [0.25, 0.3) is 0 Å². The van der Waals surface area contributed by atoms with Crippen molar-refractivity contribution in [1.29, 1.82) is 0 Å². The lowest BCUT2D eigenvalue weighted by Gasteiger charge is -2.38. The number of likely N-dealkylation sites (tertiary alicyclic amines) is 1. The van der Waals surface area contributed by atoms with E-state index >= 15 is 0 Å². The molecule has 9 nitrogen and oxygen atoms in total. The van der Waals surface area contributed by atoms with Crippen LogP contribution in [-0.2, 0) is 16.1 Å². The number of piperidine rings is 1. The maximum atomic E-state index is 13.3. The van der Waals surface area contributed by atoms with Gasteiger partial charge in [0.2, 0.25) is 5.91 Å². The SMILES string of the molecule is COc1ncc(N2CCC3(CCN(C[C@H](O)c4ccc5c(c4C)COC5=O)CC3)C2=O)cn1. The number of esters is 1. The van der Waals surface area contributed by atoms with Crippen LogP contribution in [-0.4, -0.2) is 65.1 Å². The summed E-state index contributed by atoms with van der Waals surface area (Å²) in [4.78, 5) is 37.3. The summed E-state index contributed by atoms with van der Waals surface area (Å²) in [5.41, 5.74) is 3.55. The molecule has 174 valence electrons. The van der Waals surface area contributed by atoms with E-state index in [0.29, 0.717) is 24.3 Å². The summed E-state index contributed by atoms with van der Waals surface area (Å²) in [6.07, 6.45) is 4.94. The van der Waals surface area contributed by atoms with Crippen LogP contribution in [0.15, 0.2) is 24.5 Å². The number of hydrogen-bond donors (Lipinski definition) is 1. The molecule has 3 aliphatic rings. The van der Waals surface area contributed by atoms with Gasteiger partial charge in [-0.05, 0) is 56.5 Å². The molecule has 2 saturated heterocycles. The van der Waals surface area contributed by atoms with Crippen molar-refractivity contribution in [3.05, 3.63) is 46.8 Å². The Labute approximate surface area is 192 Å². The number of cyclic esters (lactones) is 1. The number of aliphatic hydroxyl groups is 1. The van der Waals surface area contributed by atoms with Crippen LogP contribution < -0.4 is 9.64 Å². The number of rotatable bonds is 5. The third-order valence-corrected chi connectivity index (χ3v) is 7.43. The molecule has 1 N–H and O–H groups in total. The number of hydrogen-bond acceptors (Lipinski definition) is 8. The summed E-state index contributed by atoms with van der Waals surface area (Å²) in [5.74, 6) is -0.164. The second-order valence-corrected chi connectivity index (χ2v) is 9.11. The van der Waals surface area contributed by atoms with Crippen LogP contribution in [0.4, 0.5) is 5.69 Å². The van der Waals surface area contributed by atoms with Crippen LogP contribution in [0.1, 0.15) is 52.4 Å². The van der Waals surface area contributed by atoms with Gasteiger partial charge in [-0.25, -0.2) is 14.8 Å². The van der Waals surface area contributed by atoms with E-state index < -0.39 is 6.10 Å². The van der Waals surface area contributed by atoms with Crippen molar-refractivity contribution in [3.8, 4) is 6.01 Å². The van der Waals surface area contributed by atoms with Crippen LogP contribution in [0.2, 0.25) is 0 Å². The summed E-state index contributed by atoms with van der Waals surface area (Å²) >= 11 is 0. The van der Waals surface area contributed by atoms with Crippen molar-refractivity contribution < 1.29 is 24.2 Å². The van der Waals surface area contributed by atoms with Crippen molar-refractivity contribution in [3.63, 3.8) is 0 Å². The van der Waals surface area contributed by atoms with Crippen molar-refractivity contribution in [2.45, 2.75) is 38.9 Å². The normalized spacial score (nSPS) is 20.8. The van der Waals surface area contributed by atoms with Gasteiger partial charge in [-0.15, -0.1) is 0 Å². The molecular weight excluding hydrogens is 424 g/mol. The molecule has 1 spiro atoms. The number of aromatic nitrogens is 2. The quantitative estimate of drug-likeness (QED) is 0.687.